The van der Waals surface area contributed by atoms with Gasteiger partial charge in [-0.25, -0.2) is 4.98 Å². The molecule has 0 aliphatic heterocycles. The van der Waals surface area contributed by atoms with Gasteiger partial charge in [0.25, 0.3) is 0 Å². The fraction of sp³-hybridized carbons (Fsp3) is 0.350. The van der Waals surface area contributed by atoms with Crippen molar-refractivity contribution in [3.8, 4) is 5.75 Å². The smallest absolute Gasteiger partial charge is 0.119 e. The number of halogens is 2. The first-order valence-electron chi connectivity index (χ1n) is 8.54. The minimum atomic E-state index is 0. The number of nitrogens with one attached hydrogen (secondary N) is 1. The Hall–Kier alpha value is -1.75. The first-order chi connectivity index (χ1) is 12.1. The van der Waals surface area contributed by atoms with Gasteiger partial charge < -0.3 is 15.0 Å². The second-order valence-electron chi connectivity index (χ2n) is 6.47. The molecule has 0 bridgehead atoms. The van der Waals surface area contributed by atoms with Gasteiger partial charge in [0.15, 0.2) is 0 Å². The fourth-order valence-corrected chi connectivity index (χ4v) is 3.15. The van der Waals surface area contributed by atoms with Gasteiger partial charge in [0.2, 0.25) is 0 Å². The zero-order valence-corrected chi connectivity index (χ0v) is 17.0. The predicted molar refractivity (Wildman–Crippen MR) is 114 cm³/mol. The lowest BCUT2D eigenvalue weighted by Gasteiger charge is -2.15. The number of aromatic nitrogens is 1. The van der Waals surface area contributed by atoms with Crippen molar-refractivity contribution in [2.75, 3.05) is 39.6 Å². The third kappa shape index (κ3) is 4.70. The van der Waals surface area contributed by atoms with Gasteiger partial charge in [-0.05, 0) is 69.9 Å². The van der Waals surface area contributed by atoms with Gasteiger partial charge in [0.1, 0.15) is 5.75 Å². The molecule has 0 unspecified atom stereocenters. The fourth-order valence-electron chi connectivity index (χ4n) is 2.98. The minimum absolute atomic E-state index is 0. The monoisotopic (exact) mass is 393 g/mol. The van der Waals surface area contributed by atoms with Crippen LogP contribution in [0.1, 0.15) is 12.8 Å². The number of nitrogens with zero attached hydrogens (tertiary/aromatic N) is 2. The van der Waals surface area contributed by atoms with Crippen LogP contribution in [-0.4, -0.2) is 44.2 Å². The zero-order chi connectivity index (χ0) is 17.8. The van der Waals surface area contributed by atoms with Crippen LogP contribution in [0.2, 0.25) is 5.02 Å². The van der Waals surface area contributed by atoms with Crippen LogP contribution in [0.15, 0.2) is 36.4 Å². The van der Waals surface area contributed by atoms with Crippen molar-refractivity contribution >= 4 is 51.5 Å². The Morgan fingerprint density at radius 2 is 1.85 bits per heavy atom. The van der Waals surface area contributed by atoms with Crippen molar-refractivity contribution in [2.45, 2.75) is 12.8 Å². The summed E-state index contributed by atoms with van der Waals surface area (Å²) in [7, 11) is 5.89. The van der Waals surface area contributed by atoms with Gasteiger partial charge in [-0.2, -0.15) is 0 Å². The van der Waals surface area contributed by atoms with E-state index < -0.39 is 0 Å². The second kappa shape index (κ2) is 9.26. The average Bonchev–Trinajstić information content (AvgIpc) is 2.59. The summed E-state index contributed by atoms with van der Waals surface area (Å²) in [6, 6.07) is 11.8. The molecule has 0 fully saturated rings. The van der Waals surface area contributed by atoms with Crippen molar-refractivity contribution in [3.63, 3.8) is 0 Å². The molecule has 0 radical (unpaired) electrons. The first-order valence-corrected chi connectivity index (χ1v) is 8.92. The summed E-state index contributed by atoms with van der Waals surface area (Å²) in [6.45, 7) is 2.02. The Morgan fingerprint density at radius 3 is 2.58 bits per heavy atom. The van der Waals surface area contributed by atoms with Crippen molar-refractivity contribution in [3.05, 3.63) is 41.4 Å². The molecule has 0 aliphatic rings. The Labute approximate surface area is 165 Å². The molecule has 0 saturated carbocycles. The van der Waals surface area contributed by atoms with E-state index in [9.17, 15) is 0 Å². The number of anilines is 1. The second-order valence-corrected chi connectivity index (χ2v) is 6.90. The highest BCUT2D eigenvalue weighted by Gasteiger charge is 2.10. The lowest BCUT2D eigenvalue weighted by molar-refractivity contribution is 0.396. The van der Waals surface area contributed by atoms with E-state index in [1.54, 1.807) is 7.11 Å². The normalized spacial score (nSPS) is 11.0. The third-order valence-electron chi connectivity index (χ3n) is 4.28. The van der Waals surface area contributed by atoms with Crippen molar-refractivity contribution in [1.82, 2.24) is 9.88 Å². The molecule has 1 aromatic heterocycles. The summed E-state index contributed by atoms with van der Waals surface area (Å²) in [4.78, 5) is 6.97. The number of benzene rings is 2. The van der Waals surface area contributed by atoms with Crippen LogP contribution >= 0.6 is 24.0 Å². The Balaban J connectivity index is 0.00000243. The predicted octanol–water partition coefficient (Wildman–Crippen LogP) is 5.23. The number of fused-ring (bicyclic) bond motifs is 2. The van der Waals surface area contributed by atoms with E-state index in [1.807, 2.05) is 36.4 Å². The molecule has 1 N–H and O–H groups in total. The maximum absolute atomic E-state index is 6.16. The SMILES string of the molecule is COc1ccc2nc3cc(Cl)ccc3c(NCCCCN(C)C)c2c1.Cl. The quantitative estimate of drug-likeness (QED) is 0.440. The van der Waals surface area contributed by atoms with E-state index >= 15 is 0 Å². The van der Waals surface area contributed by atoms with Gasteiger partial charge in [0, 0.05) is 22.3 Å². The molecule has 3 rings (SSSR count). The van der Waals surface area contributed by atoms with Crippen molar-refractivity contribution in [1.29, 1.82) is 0 Å². The van der Waals surface area contributed by atoms with E-state index in [-0.39, 0.29) is 12.4 Å². The summed E-state index contributed by atoms with van der Waals surface area (Å²) in [5.74, 6) is 0.832. The number of hydrogen-bond donors (Lipinski definition) is 1. The summed E-state index contributed by atoms with van der Waals surface area (Å²) in [6.07, 6.45) is 2.27. The molecule has 0 atom stereocenters. The molecule has 140 valence electrons. The first kappa shape index (κ1) is 20.6. The number of methoxy groups -OCH3 is 1. The van der Waals surface area contributed by atoms with Crippen molar-refractivity contribution in [2.24, 2.45) is 0 Å². The average molecular weight is 394 g/mol. The van der Waals surface area contributed by atoms with Crippen LogP contribution in [-0.2, 0) is 0 Å². The summed E-state index contributed by atoms with van der Waals surface area (Å²) in [5.41, 5.74) is 2.94. The Kier molecular flexibility index (Phi) is 7.33. The third-order valence-corrected chi connectivity index (χ3v) is 4.51. The highest BCUT2D eigenvalue weighted by atomic mass is 35.5. The molecule has 0 saturated heterocycles. The molecule has 0 amide bonds. The number of rotatable bonds is 7. The molecular weight excluding hydrogens is 369 g/mol. The molecule has 6 heteroatoms. The van der Waals surface area contributed by atoms with Crippen molar-refractivity contribution < 1.29 is 4.74 Å². The maximum atomic E-state index is 6.16. The molecule has 1 heterocycles. The van der Waals surface area contributed by atoms with Crippen LogP contribution in [0.5, 0.6) is 5.75 Å². The highest BCUT2D eigenvalue weighted by Crippen LogP contribution is 2.34. The molecule has 4 nitrogen and oxygen atoms in total. The number of unbranched alkanes of at least 4 members (excludes halogenated alkanes) is 1. The molecule has 3 aromatic rings. The Bertz CT molecular complexity index is 884. The van der Waals surface area contributed by atoms with Gasteiger partial charge in [-0.15, -0.1) is 12.4 Å². The molecule has 0 spiro atoms. The van der Waals surface area contributed by atoms with Crippen LogP contribution in [0, 0.1) is 0 Å². The number of pyridine rings is 1. The summed E-state index contributed by atoms with van der Waals surface area (Å²) in [5, 5.41) is 6.47. The number of ether oxygens (including phenoxy) is 1. The van der Waals surface area contributed by atoms with E-state index in [2.05, 4.69) is 24.3 Å². The molecular formula is C20H25Cl2N3O. The highest BCUT2D eigenvalue weighted by molar-refractivity contribution is 6.31. The van der Waals surface area contributed by atoms with Gasteiger partial charge >= 0.3 is 0 Å². The van der Waals surface area contributed by atoms with Crippen LogP contribution < -0.4 is 10.1 Å². The minimum Gasteiger partial charge on any atom is -0.497 e. The van der Waals surface area contributed by atoms with Crippen LogP contribution in [0.3, 0.4) is 0 Å². The summed E-state index contributed by atoms with van der Waals surface area (Å²) < 4.78 is 5.40. The van der Waals surface area contributed by atoms with Gasteiger partial charge in [0.05, 0.1) is 23.8 Å². The van der Waals surface area contributed by atoms with E-state index in [4.69, 9.17) is 21.3 Å². The zero-order valence-electron chi connectivity index (χ0n) is 15.4. The lowest BCUT2D eigenvalue weighted by Crippen LogP contribution is -2.14. The van der Waals surface area contributed by atoms with E-state index in [0.29, 0.717) is 5.02 Å². The molecule has 26 heavy (non-hydrogen) atoms. The van der Waals surface area contributed by atoms with Gasteiger partial charge in [-0.3, -0.25) is 0 Å². The summed E-state index contributed by atoms with van der Waals surface area (Å²) >= 11 is 6.16. The molecule has 0 aliphatic carbocycles. The maximum Gasteiger partial charge on any atom is 0.119 e. The lowest BCUT2D eigenvalue weighted by atomic mass is 10.1. The molecule has 2 aromatic carbocycles. The van der Waals surface area contributed by atoms with E-state index in [0.717, 1.165) is 59.2 Å². The van der Waals surface area contributed by atoms with E-state index in [1.165, 1.54) is 0 Å². The number of hydrogen-bond acceptors (Lipinski definition) is 4. The Morgan fingerprint density at radius 1 is 1.04 bits per heavy atom. The van der Waals surface area contributed by atoms with Crippen LogP contribution in [0.4, 0.5) is 5.69 Å². The standard InChI is InChI=1S/C20H24ClN3O.ClH/c1-24(2)11-5-4-10-22-20-16-8-6-14(21)12-19(16)23-18-9-7-15(25-3)13-17(18)20;/h6-9,12-13H,4-5,10-11H2,1-3H3,(H,22,23);1H. The topological polar surface area (TPSA) is 37.4 Å². The largest absolute Gasteiger partial charge is 0.497 e. The van der Waals surface area contributed by atoms with Crippen LogP contribution in [0.25, 0.3) is 21.8 Å². The van der Waals surface area contributed by atoms with Gasteiger partial charge in [-0.1, -0.05) is 11.6 Å².